The fourth-order valence-corrected chi connectivity index (χ4v) is 2.72. The monoisotopic (exact) mass is 384 g/mol. The molecule has 1 atom stereocenters. The van der Waals surface area contributed by atoms with E-state index in [1.807, 2.05) is 0 Å². The molecule has 0 saturated carbocycles. The van der Waals surface area contributed by atoms with Crippen molar-refractivity contribution in [1.29, 1.82) is 0 Å². The first kappa shape index (κ1) is 19.3. The molecule has 2 aromatic rings. The Hall–Kier alpha value is -3.01. The van der Waals surface area contributed by atoms with Gasteiger partial charge in [0.05, 0.1) is 5.56 Å². The van der Waals surface area contributed by atoms with Crippen molar-refractivity contribution in [3.05, 3.63) is 46.8 Å². The third kappa shape index (κ3) is 4.76. The summed E-state index contributed by atoms with van der Waals surface area (Å²) in [5.41, 5.74) is 5.05. The molecule has 138 valence electrons. The number of anilines is 1. The lowest BCUT2D eigenvalue weighted by Crippen LogP contribution is -2.30. The predicted molar refractivity (Wildman–Crippen MR) is 89.4 cm³/mol. The summed E-state index contributed by atoms with van der Waals surface area (Å²) in [6.45, 7) is -1.82. The minimum absolute atomic E-state index is 0.123. The van der Waals surface area contributed by atoms with Gasteiger partial charge >= 0.3 is 12.6 Å². The Morgan fingerprint density at radius 2 is 1.85 bits per heavy atom. The zero-order valence-corrected chi connectivity index (χ0v) is 14.2. The Kier molecular flexibility index (Phi) is 6.23. The molecular weight excluding hydrogens is 370 g/mol. The highest BCUT2D eigenvalue weighted by Gasteiger charge is 2.23. The number of nitrogens with two attached hydrogens (primary N) is 1. The Bertz CT molecular complexity index is 824. The van der Waals surface area contributed by atoms with Crippen LogP contribution in [0.5, 0.6) is 5.75 Å². The van der Waals surface area contributed by atoms with E-state index in [1.54, 1.807) is 5.38 Å². The SMILES string of the molecule is CC(OC(=O)c1ccccc1OC(F)F)C(=O)Nc1sccc1C(N)=O. The second kappa shape index (κ2) is 8.39. The summed E-state index contributed by atoms with van der Waals surface area (Å²) in [7, 11) is 0. The van der Waals surface area contributed by atoms with Crippen LogP contribution in [0.1, 0.15) is 27.6 Å². The highest BCUT2D eigenvalue weighted by Crippen LogP contribution is 2.24. The average Bonchev–Trinajstić information content (AvgIpc) is 3.03. The van der Waals surface area contributed by atoms with Crippen LogP contribution in [0.25, 0.3) is 0 Å². The minimum Gasteiger partial charge on any atom is -0.449 e. The lowest BCUT2D eigenvalue weighted by atomic mass is 10.2. The second-order valence-corrected chi connectivity index (χ2v) is 5.86. The van der Waals surface area contributed by atoms with Crippen molar-refractivity contribution < 1.29 is 32.6 Å². The van der Waals surface area contributed by atoms with Crippen molar-refractivity contribution in [3.63, 3.8) is 0 Å². The van der Waals surface area contributed by atoms with Gasteiger partial charge in [-0.2, -0.15) is 8.78 Å². The summed E-state index contributed by atoms with van der Waals surface area (Å²) >= 11 is 1.07. The number of thiophene rings is 1. The quantitative estimate of drug-likeness (QED) is 0.714. The molecule has 1 aromatic heterocycles. The van der Waals surface area contributed by atoms with Gasteiger partial charge in [0.15, 0.2) is 6.10 Å². The number of alkyl halides is 2. The van der Waals surface area contributed by atoms with E-state index >= 15 is 0 Å². The number of para-hydroxylation sites is 1. The van der Waals surface area contributed by atoms with Crippen molar-refractivity contribution in [2.24, 2.45) is 5.73 Å². The maximum atomic E-state index is 12.4. The van der Waals surface area contributed by atoms with E-state index in [0.717, 1.165) is 11.3 Å². The van der Waals surface area contributed by atoms with Crippen molar-refractivity contribution >= 4 is 34.1 Å². The molecule has 26 heavy (non-hydrogen) atoms. The number of primary amides is 1. The molecule has 7 nitrogen and oxygen atoms in total. The highest BCUT2D eigenvalue weighted by atomic mass is 32.1. The van der Waals surface area contributed by atoms with Gasteiger partial charge in [-0.15, -0.1) is 11.3 Å². The number of esters is 1. The maximum Gasteiger partial charge on any atom is 0.387 e. The van der Waals surface area contributed by atoms with Crippen LogP contribution in [0.3, 0.4) is 0 Å². The lowest BCUT2D eigenvalue weighted by Gasteiger charge is -2.15. The number of benzene rings is 1. The minimum atomic E-state index is -3.12. The van der Waals surface area contributed by atoms with E-state index < -0.39 is 30.5 Å². The average molecular weight is 384 g/mol. The number of carbonyl (C=O) groups excluding carboxylic acids is 3. The molecule has 0 saturated heterocycles. The van der Waals surface area contributed by atoms with Gasteiger partial charge in [0.1, 0.15) is 16.3 Å². The molecule has 0 radical (unpaired) electrons. The number of hydrogen-bond acceptors (Lipinski definition) is 6. The summed E-state index contributed by atoms with van der Waals surface area (Å²) in [6.07, 6.45) is -1.26. The summed E-state index contributed by atoms with van der Waals surface area (Å²) in [5, 5.41) is 4.20. The number of hydrogen-bond donors (Lipinski definition) is 2. The largest absolute Gasteiger partial charge is 0.449 e. The van der Waals surface area contributed by atoms with Crippen LogP contribution in [0, 0.1) is 0 Å². The Labute approximate surface area is 150 Å². The molecule has 0 spiro atoms. The van der Waals surface area contributed by atoms with E-state index in [-0.39, 0.29) is 21.9 Å². The van der Waals surface area contributed by atoms with E-state index in [4.69, 9.17) is 10.5 Å². The lowest BCUT2D eigenvalue weighted by molar-refractivity contribution is -0.123. The molecule has 1 heterocycles. The number of ether oxygens (including phenoxy) is 2. The highest BCUT2D eigenvalue weighted by molar-refractivity contribution is 7.14. The van der Waals surface area contributed by atoms with Gasteiger partial charge in [-0.05, 0) is 30.5 Å². The molecule has 1 aromatic carbocycles. The van der Waals surface area contributed by atoms with Crippen molar-refractivity contribution in [3.8, 4) is 5.75 Å². The molecule has 0 aliphatic rings. The Balaban J connectivity index is 2.06. The molecule has 1 unspecified atom stereocenters. The molecule has 2 rings (SSSR count). The third-order valence-electron chi connectivity index (χ3n) is 3.14. The molecule has 0 aliphatic carbocycles. The number of carbonyl (C=O) groups is 3. The normalized spacial score (nSPS) is 11.7. The first-order valence-corrected chi connectivity index (χ1v) is 8.10. The van der Waals surface area contributed by atoms with Gasteiger partial charge in [0.25, 0.3) is 11.8 Å². The summed E-state index contributed by atoms with van der Waals surface area (Å²) < 4.78 is 34.0. The van der Waals surface area contributed by atoms with Gasteiger partial charge < -0.3 is 20.5 Å². The van der Waals surface area contributed by atoms with E-state index in [9.17, 15) is 23.2 Å². The van der Waals surface area contributed by atoms with Gasteiger partial charge in [0.2, 0.25) is 0 Å². The van der Waals surface area contributed by atoms with E-state index in [2.05, 4.69) is 10.1 Å². The molecule has 3 N–H and O–H groups in total. The fourth-order valence-electron chi connectivity index (χ4n) is 1.93. The predicted octanol–water partition coefficient (Wildman–Crippen LogP) is 2.63. The Morgan fingerprint density at radius 3 is 2.50 bits per heavy atom. The maximum absolute atomic E-state index is 12.4. The first-order valence-electron chi connectivity index (χ1n) is 7.22. The van der Waals surface area contributed by atoms with Crippen LogP contribution in [-0.2, 0) is 9.53 Å². The van der Waals surface area contributed by atoms with Crippen LogP contribution in [0.4, 0.5) is 13.8 Å². The van der Waals surface area contributed by atoms with Crippen LogP contribution >= 0.6 is 11.3 Å². The summed E-state index contributed by atoms with van der Waals surface area (Å²) in [6, 6.07) is 6.70. The van der Waals surface area contributed by atoms with Gasteiger partial charge in [-0.1, -0.05) is 12.1 Å². The number of nitrogens with one attached hydrogen (secondary N) is 1. The standard InChI is InChI=1S/C16H14F2N2O5S/c1-8(13(22)20-14-10(12(19)21)6-7-26-14)24-15(23)9-4-2-3-5-11(9)25-16(17)18/h2-8,16H,1H3,(H2,19,21)(H,20,22). The summed E-state index contributed by atoms with van der Waals surface area (Å²) in [4.78, 5) is 35.5. The smallest absolute Gasteiger partial charge is 0.387 e. The van der Waals surface area contributed by atoms with Gasteiger partial charge in [-0.25, -0.2) is 4.79 Å². The van der Waals surface area contributed by atoms with Crippen molar-refractivity contribution in [1.82, 2.24) is 0 Å². The molecule has 0 bridgehead atoms. The fraction of sp³-hybridized carbons (Fsp3) is 0.188. The van der Waals surface area contributed by atoms with Crippen LogP contribution in [0.15, 0.2) is 35.7 Å². The van der Waals surface area contributed by atoms with Crippen LogP contribution < -0.4 is 15.8 Å². The molecular formula is C16H14F2N2O5S. The molecule has 10 heteroatoms. The van der Waals surface area contributed by atoms with Crippen LogP contribution in [0.2, 0.25) is 0 Å². The van der Waals surface area contributed by atoms with Gasteiger partial charge in [-0.3, -0.25) is 9.59 Å². The van der Waals surface area contributed by atoms with Crippen molar-refractivity contribution in [2.45, 2.75) is 19.6 Å². The topological polar surface area (TPSA) is 108 Å². The second-order valence-electron chi connectivity index (χ2n) is 4.94. The van der Waals surface area contributed by atoms with E-state index in [0.29, 0.717) is 0 Å². The summed E-state index contributed by atoms with van der Waals surface area (Å²) in [5.74, 6) is -2.81. The molecule has 2 amide bonds. The van der Waals surface area contributed by atoms with Gasteiger partial charge in [0, 0.05) is 0 Å². The van der Waals surface area contributed by atoms with Crippen LogP contribution in [-0.4, -0.2) is 30.5 Å². The number of amides is 2. The first-order chi connectivity index (χ1) is 12.3. The molecule has 0 fully saturated rings. The number of halogens is 2. The molecule has 0 aliphatic heterocycles. The van der Waals surface area contributed by atoms with E-state index in [1.165, 1.54) is 37.3 Å². The number of rotatable bonds is 7. The third-order valence-corrected chi connectivity index (χ3v) is 3.97. The van der Waals surface area contributed by atoms with Crippen molar-refractivity contribution in [2.75, 3.05) is 5.32 Å². The zero-order valence-electron chi connectivity index (χ0n) is 13.4. The Morgan fingerprint density at radius 1 is 1.15 bits per heavy atom. The zero-order chi connectivity index (χ0) is 19.3.